The Labute approximate surface area is 162 Å². The van der Waals surface area contributed by atoms with Crippen LogP contribution in [-0.2, 0) is 11.3 Å². The Morgan fingerprint density at radius 1 is 1.15 bits per heavy atom. The van der Waals surface area contributed by atoms with Gasteiger partial charge in [0.1, 0.15) is 11.5 Å². The van der Waals surface area contributed by atoms with E-state index in [1.165, 1.54) is 0 Å². The first-order chi connectivity index (χ1) is 12.5. The summed E-state index contributed by atoms with van der Waals surface area (Å²) in [4.78, 5) is 11.8. The Balaban J connectivity index is 1.68. The Bertz CT molecular complexity index is 769. The maximum atomic E-state index is 11.8. The molecule has 0 aromatic heterocycles. The lowest BCUT2D eigenvalue weighted by Crippen LogP contribution is -2.48. The van der Waals surface area contributed by atoms with Crippen LogP contribution in [0.4, 0.5) is 0 Å². The topological polar surface area (TPSA) is 71.6 Å². The van der Waals surface area contributed by atoms with E-state index in [0.717, 1.165) is 16.9 Å². The fourth-order valence-electron chi connectivity index (χ4n) is 2.05. The average molecular weight is 394 g/mol. The lowest BCUT2D eigenvalue weighted by Gasteiger charge is -2.13. The van der Waals surface area contributed by atoms with E-state index in [9.17, 15) is 4.79 Å². The summed E-state index contributed by atoms with van der Waals surface area (Å²) in [5, 5.41) is 3.91. The van der Waals surface area contributed by atoms with E-state index in [-0.39, 0.29) is 12.5 Å². The van der Waals surface area contributed by atoms with Crippen LogP contribution in [0.1, 0.15) is 11.1 Å². The maximum absolute atomic E-state index is 11.8. The zero-order valence-electron chi connectivity index (χ0n) is 14.5. The number of aryl methyl sites for hydroxylation is 1. The molecule has 3 N–H and O–H groups in total. The first kappa shape index (κ1) is 19.8. The fourth-order valence-corrected chi connectivity index (χ4v) is 2.40. The number of amides is 1. The van der Waals surface area contributed by atoms with Crippen molar-refractivity contribution in [2.75, 3.05) is 13.7 Å². The molecule has 0 aliphatic heterocycles. The van der Waals surface area contributed by atoms with Gasteiger partial charge in [0.25, 0.3) is 5.91 Å². The Morgan fingerprint density at radius 2 is 1.88 bits per heavy atom. The summed E-state index contributed by atoms with van der Waals surface area (Å²) in [5.41, 5.74) is 6.99. The second-order valence-electron chi connectivity index (χ2n) is 5.40. The molecule has 0 atom stereocenters. The molecule has 0 aliphatic rings. The number of carbonyl (C=O) groups excluding carboxylic acids is 1. The van der Waals surface area contributed by atoms with Crippen molar-refractivity contribution in [1.82, 2.24) is 16.2 Å². The molecule has 0 saturated heterocycles. The van der Waals surface area contributed by atoms with Crippen LogP contribution in [0.25, 0.3) is 0 Å². The van der Waals surface area contributed by atoms with E-state index < -0.39 is 0 Å². The SMILES string of the molecule is COc1ccc(CNC(=S)NNC(=O)COc2ccc(Cl)cc2C)cc1. The van der Waals surface area contributed by atoms with Gasteiger partial charge in [-0.3, -0.25) is 15.6 Å². The van der Waals surface area contributed by atoms with E-state index in [4.69, 9.17) is 33.3 Å². The molecule has 8 heteroatoms. The van der Waals surface area contributed by atoms with Gasteiger partial charge >= 0.3 is 0 Å². The lowest BCUT2D eigenvalue weighted by atomic mass is 10.2. The van der Waals surface area contributed by atoms with E-state index in [0.29, 0.717) is 22.4 Å². The average Bonchev–Trinajstić information content (AvgIpc) is 2.64. The van der Waals surface area contributed by atoms with E-state index >= 15 is 0 Å². The molecule has 1 amide bonds. The van der Waals surface area contributed by atoms with E-state index in [2.05, 4.69) is 16.2 Å². The number of benzene rings is 2. The van der Waals surface area contributed by atoms with Crippen molar-refractivity contribution in [3.63, 3.8) is 0 Å². The van der Waals surface area contributed by atoms with Gasteiger partial charge in [0.2, 0.25) is 0 Å². The minimum atomic E-state index is -0.354. The molecule has 26 heavy (non-hydrogen) atoms. The minimum absolute atomic E-state index is 0.142. The van der Waals surface area contributed by atoms with Gasteiger partial charge in [-0.25, -0.2) is 0 Å². The third-order valence-electron chi connectivity index (χ3n) is 3.42. The number of hydrogen-bond acceptors (Lipinski definition) is 4. The predicted molar refractivity (Wildman–Crippen MR) is 105 cm³/mol. The molecule has 0 heterocycles. The molecular weight excluding hydrogens is 374 g/mol. The molecule has 0 saturated carbocycles. The van der Waals surface area contributed by atoms with Crippen LogP contribution < -0.4 is 25.6 Å². The van der Waals surface area contributed by atoms with Gasteiger partial charge in [-0.05, 0) is 60.6 Å². The Hall–Kier alpha value is -2.51. The second kappa shape index (κ2) is 9.84. The number of hydrazine groups is 1. The highest BCUT2D eigenvalue weighted by atomic mass is 35.5. The summed E-state index contributed by atoms with van der Waals surface area (Å²) < 4.78 is 10.6. The van der Waals surface area contributed by atoms with Crippen molar-refractivity contribution >= 4 is 34.8 Å². The summed E-state index contributed by atoms with van der Waals surface area (Å²) in [5.74, 6) is 1.04. The molecule has 0 fully saturated rings. The van der Waals surface area contributed by atoms with Crippen LogP contribution in [0.2, 0.25) is 5.02 Å². The number of carbonyl (C=O) groups is 1. The van der Waals surface area contributed by atoms with Gasteiger partial charge in [-0.15, -0.1) is 0 Å². The van der Waals surface area contributed by atoms with Crippen LogP contribution in [0.3, 0.4) is 0 Å². The first-order valence-electron chi connectivity index (χ1n) is 7.82. The normalized spacial score (nSPS) is 9.96. The van der Waals surface area contributed by atoms with Crippen LogP contribution in [0, 0.1) is 6.92 Å². The summed E-state index contributed by atoms with van der Waals surface area (Å²) in [6, 6.07) is 12.8. The lowest BCUT2D eigenvalue weighted by molar-refractivity contribution is -0.123. The quantitative estimate of drug-likeness (QED) is 0.518. The molecule has 6 nitrogen and oxygen atoms in total. The molecule has 2 aromatic rings. The number of methoxy groups -OCH3 is 1. The molecule has 2 rings (SSSR count). The number of hydrogen-bond donors (Lipinski definition) is 3. The van der Waals surface area contributed by atoms with Gasteiger partial charge in [-0.1, -0.05) is 23.7 Å². The summed E-state index contributed by atoms with van der Waals surface area (Å²) in [7, 11) is 1.62. The maximum Gasteiger partial charge on any atom is 0.276 e. The fraction of sp³-hybridized carbons (Fsp3) is 0.222. The third kappa shape index (κ3) is 6.42. The zero-order chi connectivity index (χ0) is 18.9. The molecule has 138 valence electrons. The van der Waals surface area contributed by atoms with Crippen LogP contribution in [0.5, 0.6) is 11.5 Å². The van der Waals surface area contributed by atoms with Gasteiger partial charge in [-0.2, -0.15) is 0 Å². The van der Waals surface area contributed by atoms with Crippen LogP contribution in [-0.4, -0.2) is 24.7 Å². The van der Waals surface area contributed by atoms with Crippen molar-refractivity contribution in [2.45, 2.75) is 13.5 Å². The number of nitrogens with one attached hydrogen (secondary N) is 3. The van der Waals surface area contributed by atoms with E-state index in [1.54, 1.807) is 25.3 Å². The zero-order valence-corrected chi connectivity index (χ0v) is 16.0. The molecule has 0 spiro atoms. The number of halogens is 1. The van der Waals surface area contributed by atoms with Gasteiger partial charge in [0.15, 0.2) is 11.7 Å². The molecule has 0 bridgehead atoms. The monoisotopic (exact) mass is 393 g/mol. The van der Waals surface area contributed by atoms with Gasteiger partial charge < -0.3 is 14.8 Å². The minimum Gasteiger partial charge on any atom is -0.497 e. The van der Waals surface area contributed by atoms with Crippen LogP contribution >= 0.6 is 23.8 Å². The third-order valence-corrected chi connectivity index (χ3v) is 3.90. The summed E-state index contributed by atoms with van der Waals surface area (Å²) >= 11 is 11.0. The predicted octanol–water partition coefficient (Wildman–Crippen LogP) is 2.73. The summed E-state index contributed by atoms with van der Waals surface area (Å²) in [6.07, 6.45) is 0. The highest BCUT2D eigenvalue weighted by Crippen LogP contribution is 2.21. The molecule has 0 unspecified atom stereocenters. The van der Waals surface area contributed by atoms with E-state index in [1.807, 2.05) is 31.2 Å². The molecule has 0 aliphatic carbocycles. The van der Waals surface area contributed by atoms with Crippen molar-refractivity contribution < 1.29 is 14.3 Å². The molecule has 0 radical (unpaired) electrons. The first-order valence-corrected chi connectivity index (χ1v) is 8.61. The highest BCUT2D eigenvalue weighted by Gasteiger charge is 2.06. The van der Waals surface area contributed by atoms with Crippen LogP contribution in [0.15, 0.2) is 42.5 Å². The number of ether oxygens (including phenoxy) is 2. The standard InChI is InChI=1S/C18H20ClN3O3S/c1-12-9-14(19)5-8-16(12)25-11-17(23)21-22-18(26)20-10-13-3-6-15(24-2)7-4-13/h3-9H,10-11H2,1-2H3,(H,21,23)(H2,20,22,26). The van der Waals surface area contributed by atoms with Crippen molar-refractivity contribution in [2.24, 2.45) is 0 Å². The van der Waals surface area contributed by atoms with Crippen molar-refractivity contribution in [3.8, 4) is 11.5 Å². The Morgan fingerprint density at radius 3 is 2.54 bits per heavy atom. The smallest absolute Gasteiger partial charge is 0.276 e. The van der Waals surface area contributed by atoms with Crippen molar-refractivity contribution in [3.05, 3.63) is 58.6 Å². The summed E-state index contributed by atoms with van der Waals surface area (Å²) in [6.45, 7) is 2.23. The van der Waals surface area contributed by atoms with Crippen molar-refractivity contribution in [1.29, 1.82) is 0 Å². The highest BCUT2D eigenvalue weighted by molar-refractivity contribution is 7.80. The largest absolute Gasteiger partial charge is 0.497 e. The Kier molecular flexibility index (Phi) is 7.50. The molecule has 2 aromatic carbocycles. The second-order valence-corrected chi connectivity index (χ2v) is 6.25. The van der Waals surface area contributed by atoms with Gasteiger partial charge in [0.05, 0.1) is 7.11 Å². The molecular formula is C18H20ClN3O3S. The van der Waals surface area contributed by atoms with Gasteiger partial charge in [0, 0.05) is 11.6 Å². The number of rotatable bonds is 6. The number of thiocarbonyl (C=S) groups is 1.